The minimum atomic E-state index is -0.151. The third kappa shape index (κ3) is 3.44. The molecule has 1 aromatic rings. The van der Waals surface area contributed by atoms with Crippen molar-refractivity contribution >= 4 is 44.7 Å². The molecule has 4 nitrogen and oxygen atoms in total. The molecule has 21 heavy (non-hydrogen) atoms. The van der Waals surface area contributed by atoms with E-state index in [4.69, 9.17) is 22.7 Å². The summed E-state index contributed by atoms with van der Waals surface area (Å²) in [6, 6.07) is 5.40. The highest BCUT2D eigenvalue weighted by Gasteiger charge is 2.41. The molecule has 1 aliphatic rings. The van der Waals surface area contributed by atoms with Crippen LogP contribution in [0.5, 0.6) is 0 Å². The van der Waals surface area contributed by atoms with Crippen molar-refractivity contribution in [3.05, 3.63) is 28.2 Å². The van der Waals surface area contributed by atoms with Crippen molar-refractivity contribution in [2.24, 2.45) is 17.6 Å². The highest BCUT2D eigenvalue weighted by atomic mass is 79.9. The largest absolute Gasteiger partial charge is 0.389 e. The smallest absolute Gasteiger partial charge is 0.230 e. The van der Waals surface area contributed by atoms with Gasteiger partial charge in [0.1, 0.15) is 4.99 Å². The Morgan fingerprint density at radius 1 is 1.33 bits per heavy atom. The summed E-state index contributed by atoms with van der Waals surface area (Å²) in [5.41, 5.74) is 7.06. The van der Waals surface area contributed by atoms with Crippen molar-refractivity contribution in [3.8, 4) is 0 Å². The summed E-state index contributed by atoms with van der Waals surface area (Å²) < 4.78 is 6.48. The lowest BCUT2D eigenvalue weighted by atomic mass is 9.89. The number of halogens is 1. The van der Waals surface area contributed by atoms with Gasteiger partial charge >= 0.3 is 0 Å². The molecule has 1 fully saturated rings. The fourth-order valence-corrected chi connectivity index (χ4v) is 3.31. The maximum atomic E-state index is 12.5. The van der Waals surface area contributed by atoms with E-state index in [1.165, 1.54) is 0 Å². The second-order valence-corrected chi connectivity index (χ2v) is 6.77. The molecular formula is C15H19BrN2O2S. The lowest BCUT2D eigenvalue weighted by molar-refractivity contribution is -0.121. The number of hydrogen-bond donors (Lipinski definition) is 2. The van der Waals surface area contributed by atoms with Gasteiger partial charge < -0.3 is 15.8 Å². The Morgan fingerprint density at radius 2 is 2.00 bits per heavy atom. The molecule has 3 N–H and O–H groups in total. The molecule has 2 rings (SSSR count). The van der Waals surface area contributed by atoms with Crippen molar-refractivity contribution in [1.29, 1.82) is 0 Å². The quantitative estimate of drug-likeness (QED) is 0.802. The molecule has 1 amide bonds. The van der Waals surface area contributed by atoms with Gasteiger partial charge in [0.2, 0.25) is 5.91 Å². The van der Waals surface area contributed by atoms with Gasteiger partial charge in [0, 0.05) is 10.0 Å². The number of anilines is 1. The molecule has 0 bridgehead atoms. The summed E-state index contributed by atoms with van der Waals surface area (Å²) >= 11 is 8.37. The summed E-state index contributed by atoms with van der Waals surface area (Å²) in [6.07, 6.45) is 0.0147. The summed E-state index contributed by atoms with van der Waals surface area (Å²) in [4.78, 5) is 12.8. The number of benzene rings is 1. The van der Waals surface area contributed by atoms with Gasteiger partial charge in [-0.1, -0.05) is 19.1 Å². The molecule has 6 heteroatoms. The maximum absolute atomic E-state index is 12.5. The van der Waals surface area contributed by atoms with Crippen LogP contribution in [0.2, 0.25) is 0 Å². The molecular weight excluding hydrogens is 352 g/mol. The van der Waals surface area contributed by atoms with Crippen molar-refractivity contribution in [2.45, 2.75) is 33.0 Å². The van der Waals surface area contributed by atoms with Gasteiger partial charge in [-0.05, 0) is 53.9 Å². The zero-order valence-electron chi connectivity index (χ0n) is 12.2. The number of nitrogens with two attached hydrogens (primary N) is 1. The minimum Gasteiger partial charge on any atom is -0.389 e. The van der Waals surface area contributed by atoms with Crippen LogP contribution < -0.4 is 11.1 Å². The predicted molar refractivity (Wildman–Crippen MR) is 91.3 cm³/mol. The number of hydrogen-bond acceptors (Lipinski definition) is 3. The number of carbonyl (C=O) groups is 1. The van der Waals surface area contributed by atoms with Crippen LogP contribution in [0.15, 0.2) is 22.7 Å². The van der Waals surface area contributed by atoms with Gasteiger partial charge in [-0.15, -0.1) is 0 Å². The van der Waals surface area contributed by atoms with Crippen molar-refractivity contribution in [2.75, 3.05) is 5.32 Å². The first kappa shape index (κ1) is 16.4. The van der Waals surface area contributed by atoms with Crippen LogP contribution in [-0.2, 0) is 9.53 Å². The average Bonchev–Trinajstić information content (AvgIpc) is 2.65. The van der Waals surface area contributed by atoms with E-state index in [1.54, 1.807) is 18.2 Å². The zero-order valence-corrected chi connectivity index (χ0v) is 14.6. The Morgan fingerprint density at radius 3 is 2.48 bits per heavy atom. The van der Waals surface area contributed by atoms with Crippen molar-refractivity contribution in [1.82, 2.24) is 0 Å². The maximum Gasteiger partial charge on any atom is 0.230 e. The Balaban J connectivity index is 2.15. The topological polar surface area (TPSA) is 64.3 Å². The van der Waals surface area contributed by atoms with Gasteiger partial charge in [-0.2, -0.15) is 0 Å². The number of thiocarbonyl (C=S) groups is 1. The van der Waals surface area contributed by atoms with Gasteiger partial charge in [-0.3, -0.25) is 4.79 Å². The van der Waals surface area contributed by atoms with E-state index in [1.807, 2.05) is 20.8 Å². The van der Waals surface area contributed by atoms with E-state index in [9.17, 15) is 4.79 Å². The normalized spacial score (nSPS) is 28.4. The van der Waals surface area contributed by atoms with Crippen LogP contribution in [0.25, 0.3) is 0 Å². The Kier molecular flexibility index (Phi) is 5.01. The Hall–Kier alpha value is -0.980. The predicted octanol–water partition coefficient (Wildman–Crippen LogP) is 3.08. The van der Waals surface area contributed by atoms with Gasteiger partial charge in [0.05, 0.1) is 23.8 Å². The second-order valence-electron chi connectivity index (χ2n) is 5.48. The molecule has 4 atom stereocenters. The van der Waals surface area contributed by atoms with E-state index < -0.39 is 0 Å². The Bertz CT molecular complexity index is 579. The summed E-state index contributed by atoms with van der Waals surface area (Å²) in [5, 5.41) is 2.95. The number of nitrogens with one attached hydrogen (secondary N) is 1. The van der Waals surface area contributed by atoms with Crippen LogP contribution in [0.1, 0.15) is 26.3 Å². The average molecular weight is 371 g/mol. The van der Waals surface area contributed by atoms with E-state index in [0.29, 0.717) is 10.7 Å². The fourth-order valence-electron chi connectivity index (χ4n) is 2.70. The first-order valence-electron chi connectivity index (χ1n) is 6.87. The monoisotopic (exact) mass is 370 g/mol. The van der Waals surface area contributed by atoms with E-state index in [2.05, 4.69) is 21.2 Å². The summed E-state index contributed by atoms with van der Waals surface area (Å²) in [5.74, 6) is 0.0138. The highest BCUT2D eigenvalue weighted by molar-refractivity contribution is 9.10. The molecule has 1 aliphatic heterocycles. The van der Waals surface area contributed by atoms with Crippen LogP contribution in [0.3, 0.4) is 0 Å². The first-order chi connectivity index (χ1) is 9.81. The van der Waals surface area contributed by atoms with Gasteiger partial charge in [0.25, 0.3) is 0 Å². The molecule has 114 valence electrons. The third-order valence-electron chi connectivity index (χ3n) is 4.06. The molecule has 1 heterocycles. The molecule has 0 radical (unpaired) electrons. The third-order valence-corrected chi connectivity index (χ3v) is 4.95. The van der Waals surface area contributed by atoms with E-state index in [0.717, 1.165) is 10.0 Å². The van der Waals surface area contributed by atoms with Crippen LogP contribution in [0.4, 0.5) is 5.69 Å². The SMILES string of the molecule is CC1OC(C)C(C(=O)Nc2ccc(C(N)=S)cc2Br)C1C. The summed E-state index contributed by atoms with van der Waals surface area (Å²) in [6.45, 7) is 5.99. The number of amides is 1. The lowest BCUT2D eigenvalue weighted by Gasteiger charge is -2.18. The fraction of sp³-hybridized carbons (Fsp3) is 0.467. The van der Waals surface area contributed by atoms with Crippen LogP contribution in [0, 0.1) is 11.8 Å². The molecule has 0 spiro atoms. The van der Waals surface area contributed by atoms with Gasteiger partial charge in [-0.25, -0.2) is 0 Å². The van der Waals surface area contributed by atoms with Crippen molar-refractivity contribution in [3.63, 3.8) is 0 Å². The standard InChI is InChI=1S/C15H19BrN2O2S/c1-7-8(2)20-9(3)13(7)15(19)18-12-5-4-10(14(17)21)6-11(12)16/h4-9,13H,1-3H3,(H2,17,21)(H,18,19). The lowest BCUT2D eigenvalue weighted by Crippen LogP contribution is -2.32. The molecule has 1 saturated heterocycles. The molecule has 0 aliphatic carbocycles. The molecule has 0 saturated carbocycles. The van der Waals surface area contributed by atoms with Crippen molar-refractivity contribution < 1.29 is 9.53 Å². The molecule has 4 unspecified atom stereocenters. The van der Waals surface area contributed by atoms with Gasteiger partial charge in [0.15, 0.2) is 0 Å². The molecule has 1 aromatic carbocycles. The van der Waals surface area contributed by atoms with E-state index in [-0.39, 0.29) is 30.0 Å². The Labute approximate surface area is 138 Å². The number of rotatable bonds is 3. The highest BCUT2D eigenvalue weighted by Crippen LogP contribution is 2.34. The number of ether oxygens (including phenoxy) is 1. The summed E-state index contributed by atoms with van der Waals surface area (Å²) in [7, 11) is 0. The number of carbonyl (C=O) groups excluding carboxylic acids is 1. The van der Waals surface area contributed by atoms with Crippen LogP contribution in [-0.4, -0.2) is 23.1 Å². The first-order valence-corrected chi connectivity index (χ1v) is 8.07. The van der Waals surface area contributed by atoms with E-state index >= 15 is 0 Å². The molecule has 0 aromatic heterocycles. The minimum absolute atomic E-state index is 0.0249. The zero-order chi connectivity index (χ0) is 15.7. The second kappa shape index (κ2) is 6.42. The van der Waals surface area contributed by atoms with Crippen LogP contribution >= 0.6 is 28.1 Å².